The summed E-state index contributed by atoms with van der Waals surface area (Å²) in [5.74, 6) is -2.28. The molecule has 0 unspecified atom stereocenters. The highest BCUT2D eigenvalue weighted by Crippen LogP contribution is 2.30. The lowest BCUT2D eigenvalue weighted by Crippen LogP contribution is -2.15. The first-order valence-electron chi connectivity index (χ1n) is 4.09. The zero-order valence-electron chi connectivity index (χ0n) is 8.20. The number of halogens is 1. The van der Waals surface area contributed by atoms with E-state index < -0.39 is 11.8 Å². The molecule has 0 spiro atoms. The Balaban J connectivity index is 3.39. The summed E-state index contributed by atoms with van der Waals surface area (Å²) < 4.78 is 4.89. The van der Waals surface area contributed by atoms with Gasteiger partial charge in [-0.3, -0.25) is 4.79 Å². The number of carboxylic acid groups (broad SMARTS) is 1. The van der Waals surface area contributed by atoms with Crippen molar-refractivity contribution in [3.8, 4) is 5.75 Å². The maximum Gasteiger partial charge on any atom is 0.377 e. The molecule has 0 saturated carbocycles. The van der Waals surface area contributed by atoms with E-state index in [1.807, 2.05) is 0 Å². The summed E-state index contributed by atoms with van der Waals surface area (Å²) in [5, 5.41) is 8.63. The highest BCUT2D eigenvalue weighted by atomic mass is 35.5. The number of carboxylic acids is 1. The van der Waals surface area contributed by atoms with Crippen molar-refractivity contribution in [1.29, 1.82) is 0 Å². The SMILES string of the molecule is COc1ccc(C)c(C(=O)C(=O)O)c1Cl. The number of rotatable bonds is 3. The second-order valence-electron chi connectivity index (χ2n) is 2.91. The first-order valence-corrected chi connectivity index (χ1v) is 4.47. The number of benzene rings is 1. The normalized spacial score (nSPS) is 9.80. The van der Waals surface area contributed by atoms with Crippen LogP contribution in [0, 0.1) is 6.92 Å². The lowest BCUT2D eigenvalue weighted by atomic mass is 10.0. The third kappa shape index (κ3) is 2.10. The van der Waals surface area contributed by atoms with Gasteiger partial charge < -0.3 is 9.84 Å². The molecular weight excluding hydrogens is 220 g/mol. The molecule has 5 heteroatoms. The van der Waals surface area contributed by atoms with Crippen LogP contribution in [0.1, 0.15) is 15.9 Å². The molecule has 0 aliphatic rings. The highest BCUT2D eigenvalue weighted by Gasteiger charge is 2.22. The predicted octanol–water partition coefficient (Wildman–Crippen LogP) is 1.92. The lowest BCUT2D eigenvalue weighted by Gasteiger charge is -2.08. The Bertz CT molecular complexity index is 426. The monoisotopic (exact) mass is 228 g/mol. The Morgan fingerprint density at radius 2 is 2.00 bits per heavy atom. The fourth-order valence-electron chi connectivity index (χ4n) is 1.20. The number of hydrogen-bond donors (Lipinski definition) is 1. The van der Waals surface area contributed by atoms with Crippen LogP contribution in [-0.4, -0.2) is 24.0 Å². The number of aryl methyl sites for hydroxylation is 1. The van der Waals surface area contributed by atoms with Gasteiger partial charge in [0.1, 0.15) is 5.75 Å². The van der Waals surface area contributed by atoms with Crippen LogP contribution in [-0.2, 0) is 4.79 Å². The molecule has 80 valence electrons. The van der Waals surface area contributed by atoms with Gasteiger partial charge in [-0.15, -0.1) is 0 Å². The summed E-state index contributed by atoms with van der Waals surface area (Å²) in [7, 11) is 1.39. The zero-order valence-corrected chi connectivity index (χ0v) is 8.96. The molecule has 1 aromatic carbocycles. The maximum atomic E-state index is 11.3. The molecule has 0 aromatic heterocycles. The standard InChI is InChI=1S/C10H9ClO4/c1-5-3-4-6(15-2)8(11)7(5)9(12)10(13)14/h3-4H,1-2H3,(H,13,14). The molecular formula is C10H9ClO4. The van der Waals surface area contributed by atoms with E-state index in [2.05, 4.69) is 0 Å². The Morgan fingerprint density at radius 3 is 2.47 bits per heavy atom. The highest BCUT2D eigenvalue weighted by molar-refractivity contribution is 6.45. The summed E-state index contributed by atoms with van der Waals surface area (Å²) in [6, 6.07) is 3.16. The van der Waals surface area contributed by atoms with Crippen molar-refractivity contribution >= 4 is 23.4 Å². The number of ether oxygens (including phenoxy) is 1. The number of carbonyl (C=O) groups is 2. The first-order chi connectivity index (χ1) is 6.99. The molecule has 0 atom stereocenters. The van der Waals surface area contributed by atoms with E-state index >= 15 is 0 Å². The van der Waals surface area contributed by atoms with Crippen LogP contribution in [0.2, 0.25) is 5.02 Å². The molecule has 0 bridgehead atoms. The molecule has 0 fully saturated rings. The quantitative estimate of drug-likeness (QED) is 0.634. The van der Waals surface area contributed by atoms with Crippen molar-refractivity contribution in [2.45, 2.75) is 6.92 Å². The number of ketones is 1. The summed E-state index contributed by atoms with van der Waals surface area (Å²) in [6.07, 6.45) is 0. The van der Waals surface area contributed by atoms with Crippen LogP contribution in [0.25, 0.3) is 0 Å². The van der Waals surface area contributed by atoms with Crippen molar-refractivity contribution < 1.29 is 19.4 Å². The molecule has 0 heterocycles. The van der Waals surface area contributed by atoms with Gasteiger partial charge in [-0.05, 0) is 18.6 Å². The topological polar surface area (TPSA) is 63.6 Å². The van der Waals surface area contributed by atoms with Crippen LogP contribution in [0.15, 0.2) is 12.1 Å². The average molecular weight is 229 g/mol. The lowest BCUT2D eigenvalue weighted by molar-refractivity contribution is -0.131. The third-order valence-electron chi connectivity index (χ3n) is 1.96. The fourth-order valence-corrected chi connectivity index (χ4v) is 1.57. The van der Waals surface area contributed by atoms with E-state index in [-0.39, 0.29) is 16.3 Å². The van der Waals surface area contributed by atoms with Crippen LogP contribution in [0.3, 0.4) is 0 Å². The molecule has 15 heavy (non-hydrogen) atoms. The van der Waals surface area contributed by atoms with Crippen molar-refractivity contribution in [1.82, 2.24) is 0 Å². The smallest absolute Gasteiger partial charge is 0.377 e. The second-order valence-corrected chi connectivity index (χ2v) is 3.29. The van der Waals surface area contributed by atoms with E-state index in [9.17, 15) is 9.59 Å². The van der Waals surface area contributed by atoms with Gasteiger partial charge in [0.05, 0.1) is 17.7 Å². The van der Waals surface area contributed by atoms with E-state index in [1.165, 1.54) is 7.11 Å². The molecule has 1 rings (SSSR count). The number of hydrogen-bond acceptors (Lipinski definition) is 3. The van der Waals surface area contributed by atoms with Gasteiger partial charge in [0.2, 0.25) is 0 Å². The Labute approximate surface area is 91.4 Å². The molecule has 4 nitrogen and oxygen atoms in total. The minimum absolute atomic E-state index is 0.0245. The van der Waals surface area contributed by atoms with E-state index in [0.29, 0.717) is 5.56 Å². The van der Waals surface area contributed by atoms with Crippen molar-refractivity contribution in [2.24, 2.45) is 0 Å². The molecule has 0 radical (unpaired) electrons. The van der Waals surface area contributed by atoms with Gasteiger partial charge in [-0.25, -0.2) is 4.79 Å². The Morgan fingerprint density at radius 1 is 1.40 bits per heavy atom. The number of methoxy groups -OCH3 is 1. The number of carbonyl (C=O) groups excluding carboxylic acids is 1. The predicted molar refractivity (Wildman–Crippen MR) is 54.7 cm³/mol. The minimum atomic E-state index is -1.53. The summed E-state index contributed by atoms with van der Waals surface area (Å²) in [4.78, 5) is 21.9. The Hall–Kier alpha value is -1.55. The van der Waals surface area contributed by atoms with Gasteiger partial charge in [-0.2, -0.15) is 0 Å². The summed E-state index contributed by atoms with van der Waals surface area (Å²) >= 11 is 5.84. The minimum Gasteiger partial charge on any atom is -0.495 e. The van der Waals surface area contributed by atoms with Crippen LogP contribution in [0.4, 0.5) is 0 Å². The average Bonchev–Trinajstić information content (AvgIpc) is 2.17. The summed E-state index contributed by atoms with van der Waals surface area (Å²) in [5.41, 5.74) is 0.483. The van der Waals surface area contributed by atoms with E-state index in [1.54, 1.807) is 19.1 Å². The van der Waals surface area contributed by atoms with Crippen molar-refractivity contribution in [2.75, 3.05) is 7.11 Å². The second kappa shape index (κ2) is 4.31. The largest absolute Gasteiger partial charge is 0.495 e. The van der Waals surface area contributed by atoms with E-state index in [4.69, 9.17) is 21.4 Å². The van der Waals surface area contributed by atoms with Crippen molar-refractivity contribution in [3.05, 3.63) is 28.3 Å². The van der Waals surface area contributed by atoms with Gasteiger partial charge in [0.25, 0.3) is 5.78 Å². The first kappa shape index (κ1) is 11.5. The molecule has 0 aliphatic heterocycles. The van der Waals surface area contributed by atoms with Gasteiger partial charge >= 0.3 is 5.97 Å². The van der Waals surface area contributed by atoms with Gasteiger partial charge in [0.15, 0.2) is 0 Å². The molecule has 0 amide bonds. The van der Waals surface area contributed by atoms with Crippen LogP contribution >= 0.6 is 11.6 Å². The van der Waals surface area contributed by atoms with Gasteiger partial charge in [-0.1, -0.05) is 17.7 Å². The molecule has 0 aliphatic carbocycles. The van der Waals surface area contributed by atoms with Crippen LogP contribution in [0.5, 0.6) is 5.75 Å². The number of aliphatic carboxylic acids is 1. The molecule has 0 saturated heterocycles. The number of Topliss-reactive ketones (excluding diaryl/α,β-unsaturated/α-hetero) is 1. The Kier molecular flexibility index (Phi) is 3.31. The fraction of sp³-hybridized carbons (Fsp3) is 0.200. The zero-order chi connectivity index (χ0) is 11.6. The third-order valence-corrected chi connectivity index (χ3v) is 2.33. The molecule has 1 aromatic rings. The summed E-state index contributed by atoms with van der Waals surface area (Å²) in [6.45, 7) is 1.61. The van der Waals surface area contributed by atoms with E-state index in [0.717, 1.165) is 0 Å². The molecule has 1 N–H and O–H groups in total. The maximum absolute atomic E-state index is 11.3. The van der Waals surface area contributed by atoms with Gasteiger partial charge in [0, 0.05) is 0 Å². The van der Waals surface area contributed by atoms with Crippen LogP contribution < -0.4 is 4.74 Å². The van der Waals surface area contributed by atoms with Crippen molar-refractivity contribution in [3.63, 3.8) is 0 Å².